The molecular formula is C15H20N4. The number of aryl methyl sites for hydroxylation is 2. The van der Waals surface area contributed by atoms with Gasteiger partial charge in [0.25, 0.3) is 0 Å². The normalized spacial score (nSPS) is 14.5. The molecule has 2 N–H and O–H groups in total. The van der Waals surface area contributed by atoms with Crippen LogP contribution in [0.3, 0.4) is 0 Å². The van der Waals surface area contributed by atoms with Crippen molar-refractivity contribution in [3.63, 3.8) is 0 Å². The maximum absolute atomic E-state index is 5.87. The molecule has 0 bridgehead atoms. The molecule has 100 valence electrons. The highest BCUT2D eigenvalue weighted by Gasteiger charge is 2.18. The van der Waals surface area contributed by atoms with E-state index in [4.69, 9.17) is 5.73 Å². The Labute approximate surface area is 113 Å². The van der Waals surface area contributed by atoms with Gasteiger partial charge in [-0.25, -0.2) is 4.98 Å². The minimum atomic E-state index is 0.857. The summed E-state index contributed by atoms with van der Waals surface area (Å²) < 4.78 is 2.20. The van der Waals surface area contributed by atoms with E-state index in [9.17, 15) is 0 Å². The molecule has 4 nitrogen and oxygen atoms in total. The Hall–Kier alpha value is -1.97. The maximum Gasteiger partial charge on any atom is 0.128 e. The minimum Gasteiger partial charge on any atom is -0.399 e. The lowest BCUT2D eigenvalue weighted by molar-refractivity contribution is 0.634. The summed E-state index contributed by atoms with van der Waals surface area (Å²) in [4.78, 5) is 6.88. The number of hydrogen-bond donors (Lipinski definition) is 1. The minimum absolute atomic E-state index is 0.857. The molecule has 1 aliphatic heterocycles. The van der Waals surface area contributed by atoms with E-state index in [1.807, 2.05) is 18.5 Å². The van der Waals surface area contributed by atoms with Gasteiger partial charge in [0.1, 0.15) is 5.82 Å². The van der Waals surface area contributed by atoms with Crippen LogP contribution in [0.25, 0.3) is 0 Å². The fourth-order valence-electron chi connectivity index (χ4n) is 2.81. The number of aromatic nitrogens is 2. The van der Waals surface area contributed by atoms with E-state index in [1.54, 1.807) is 0 Å². The van der Waals surface area contributed by atoms with Gasteiger partial charge in [0, 0.05) is 36.9 Å². The summed E-state index contributed by atoms with van der Waals surface area (Å²) in [5.74, 6) is 1.13. The Morgan fingerprint density at radius 3 is 3.11 bits per heavy atom. The van der Waals surface area contributed by atoms with Gasteiger partial charge in [-0.2, -0.15) is 0 Å². The highest BCUT2D eigenvalue weighted by molar-refractivity contribution is 5.61. The van der Waals surface area contributed by atoms with Crippen LogP contribution in [-0.2, 0) is 19.5 Å². The molecule has 2 heterocycles. The number of nitrogens with zero attached hydrogens (tertiary/aromatic N) is 3. The van der Waals surface area contributed by atoms with Gasteiger partial charge in [0.05, 0.1) is 6.54 Å². The van der Waals surface area contributed by atoms with Crippen LogP contribution in [0.4, 0.5) is 11.4 Å². The number of hydrogen-bond acceptors (Lipinski definition) is 3. The molecule has 0 aliphatic carbocycles. The third-order valence-electron chi connectivity index (χ3n) is 3.79. The molecule has 1 aromatic carbocycles. The zero-order valence-electron chi connectivity index (χ0n) is 11.3. The van der Waals surface area contributed by atoms with Crippen LogP contribution in [0, 0.1) is 0 Å². The number of fused-ring (bicyclic) bond motifs is 1. The number of nitrogen functional groups attached to an aromatic ring is 1. The molecule has 1 aromatic heterocycles. The quantitative estimate of drug-likeness (QED) is 0.858. The van der Waals surface area contributed by atoms with Crippen molar-refractivity contribution in [1.29, 1.82) is 0 Å². The van der Waals surface area contributed by atoms with E-state index in [2.05, 4.69) is 33.5 Å². The Bertz CT molecular complexity index is 573. The van der Waals surface area contributed by atoms with Gasteiger partial charge in [0.2, 0.25) is 0 Å². The fraction of sp³-hybridized carbons (Fsp3) is 0.400. The van der Waals surface area contributed by atoms with E-state index >= 15 is 0 Å². The van der Waals surface area contributed by atoms with E-state index < -0.39 is 0 Å². The average molecular weight is 256 g/mol. The largest absolute Gasteiger partial charge is 0.399 e. The third kappa shape index (κ3) is 2.30. The van der Waals surface area contributed by atoms with Crippen LogP contribution in [0.15, 0.2) is 30.6 Å². The van der Waals surface area contributed by atoms with Gasteiger partial charge in [-0.15, -0.1) is 0 Å². The topological polar surface area (TPSA) is 47.1 Å². The molecule has 0 fully saturated rings. The van der Waals surface area contributed by atoms with Crippen LogP contribution in [-0.4, -0.2) is 16.1 Å². The van der Waals surface area contributed by atoms with Crippen LogP contribution in [0.1, 0.15) is 24.7 Å². The van der Waals surface area contributed by atoms with Crippen molar-refractivity contribution in [1.82, 2.24) is 9.55 Å². The fourth-order valence-corrected chi connectivity index (χ4v) is 2.81. The van der Waals surface area contributed by atoms with Crippen molar-refractivity contribution in [2.45, 2.75) is 32.9 Å². The molecule has 0 saturated carbocycles. The first kappa shape index (κ1) is 12.1. The highest BCUT2D eigenvalue weighted by atomic mass is 15.2. The first-order chi connectivity index (χ1) is 9.28. The number of anilines is 2. The summed E-state index contributed by atoms with van der Waals surface area (Å²) in [6.07, 6.45) is 6.23. The second kappa shape index (κ2) is 4.96. The monoisotopic (exact) mass is 256 g/mol. The average Bonchev–Trinajstić information content (AvgIpc) is 2.86. The van der Waals surface area contributed by atoms with Crippen molar-refractivity contribution in [2.75, 3.05) is 17.2 Å². The van der Waals surface area contributed by atoms with Crippen molar-refractivity contribution in [3.05, 3.63) is 42.0 Å². The third-order valence-corrected chi connectivity index (χ3v) is 3.79. The van der Waals surface area contributed by atoms with Crippen molar-refractivity contribution < 1.29 is 0 Å². The zero-order valence-corrected chi connectivity index (χ0v) is 11.3. The van der Waals surface area contributed by atoms with Gasteiger partial charge in [-0.3, -0.25) is 0 Å². The van der Waals surface area contributed by atoms with Crippen molar-refractivity contribution >= 4 is 11.4 Å². The van der Waals surface area contributed by atoms with E-state index in [0.29, 0.717) is 0 Å². The van der Waals surface area contributed by atoms with E-state index in [1.165, 1.54) is 17.7 Å². The first-order valence-corrected chi connectivity index (χ1v) is 6.91. The van der Waals surface area contributed by atoms with Crippen LogP contribution < -0.4 is 10.6 Å². The van der Waals surface area contributed by atoms with Gasteiger partial charge >= 0.3 is 0 Å². The van der Waals surface area contributed by atoms with Gasteiger partial charge in [0.15, 0.2) is 0 Å². The molecular weight excluding hydrogens is 236 g/mol. The summed E-state index contributed by atoms with van der Waals surface area (Å²) in [5.41, 5.74) is 9.40. The zero-order chi connectivity index (χ0) is 13.2. The molecule has 0 unspecified atom stereocenters. The maximum atomic E-state index is 5.87. The van der Waals surface area contributed by atoms with Crippen LogP contribution in [0.2, 0.25) is 0 Å². The lowest BCUT2D eigenvalue weighted by Crippen LogP contribution is -2.30. The summed E-state index contributed by atoms with van der Waals surface area (Å²) >= 11 is 0. The number of rotatable bonds is 3. The van der Waals surface area contributed by atoms with Gasteiger partial charge in [-0.05, 0) is 43.5 Å². The van der Waals surface area contributed by atoms with Gasteiger partial charge in [-0.1, -0.05) is 0 Å². The Kier molecular flexibility index (Phi) is 3.15. The molecule has 3 rings (SSSR count). The lowest BCUT2D eigenvalue weighted by atomic mass is 10.0. The lowest BCUT2D eigenvalue weighted by Gasteiger charge is -2.31. The smallest absolute Gasteiger partial charge is 0.128 e. The molecule has 0 spiro atoms. The predicted octanol–water partition coefficient (Wildman–Crippen LogP) is 2.44. The molecule has 19 heavy (non-hydrogen) atoms. The first-order valence-electron chi connectivity index (χ1n) is 6.91. The van der Waals surface area contributed by atoms with Crippen molar-refractivity contribution in [2.24, 2.45) is 0 Å². The van der Waals surface area contributed by atoms with Crippen LogP contribution >= 0.6 is 0 Å². The molecule has 0 saturated heterocycles. The number of benzene rings is 1. The molecule has 0 atom stereocenters. The number of imidazole rings is 1. The standard InChI is InChI=1S/C15H20N4/c1-2-18-9-7-17-15(18)11-19-8-3-4-12-10-13(16)5-6-14(12)19/h5-7,9-10H,2-4,8,11,16H2,1H3. The molecule has 1 aliphatic rings. The summed E-state index contributed by atoms with van der Waals surface area (Å²) in [6.45, 7) is 5.08. The summed E-state index contributed by atoms with van der Waals surface area (Å²) in [7, 11) is 0. The van der Waals surface area contributed by atoms with Crippen LogP contribution in [0.5, 0.6) is 0 Å². The second-order valence-electron chi connectivity index (χ2n) is 5.04. The highest BCUT2D eigenvalue weighted by Crippen LogP contribution is 2.29. The molecule has 2 aromatic rings. The molecule has 0 amide bonds. The Morgan fingerprint density at radius 1 is 1.37 bits per heavy atom. The Morgan fingerprint density at radius 2 is 2.26 bits per heavy atom. The van der Waals surface area contributed by atoms with E-state index in [-0.39, 0.29) is 0 Å². The Balaban J connectivity index is 1.88. The molecule has 0 radical (unpaired) electrons. The second-order valence-corrected chi connectivity index (χ2v) is 5.04. The SMILES string of the molecule is CCn1ccnc1CN1CCCc2cc(N)ccc21. The number of nitrogens with two attached hydrogens (primary N) is 1. The predicted molar refractivity (Wildman–Crippen MR) is 78.1 cm³/mol. The summed E-state index contributed by atoms with van der Waals surface area (Å²) in [5, 5.41) is 0. The van der Waals surface area contributed by atoms with E-state index in [0.717, 1.165) is 37.6 Å². The van der Waals surface area contributed by atoms with Gasteiger partial charge < -0.3 is 15.2 Å². The summed E-state index contributed by atoms with van der Waals surface area (Å²) in [6, 6.07) is 6.24. The van der Waals surface area contributed by atoms with Crippen molar-refractivity contribution in [3.8, 4) is 0 Å². The molecule has 4 heteroatoms.